The number of rotatable bonds is 9. The van der Waals surface area contributed by atoms with Crippen LogP contribution in [-0.4, -0.2) is 109 Å². The predicted octanol–water partition coefficient (Wildman–Crippen LogP) is -2.17. The SMILES string of the molecule is Nc1nc2c(c(=O)[nH]1)N=C1C(=S)[C@@H](S)[C@@H](COP(=O)(O)OP(=O)(O)OC[C@H]3O[C@@H](n4cnc5c(=O)[nH]c(N)nc54)[C@H](O)[C@@H]3O)O[C@H]1N2. The average molecular weight is 739 g/mol. The van der Waals surface area contributed by atoms with E-state index in [1.807, 2.05) is 0 Å². The molecule has 2 unspecified atom stereocenters. The van der Waals surface area contributed by atoms with Gasteiger partial charge in [0.05, 0.1) is 29.7 Å². The molecule has 0 aromatic carbocycles. The molecule has 6 rings (SSSR count). The van der Waals surface area contributed by atoms with Gasteiger partial charge in [-0.1, -0.05) is 12.2 Å². The Bertz CT molecular complexity index is 2010. The number of phosphoric acid groups is 2. The van der Waals surface area contributed by atoms with Crippen molar-refractivity contribution in [3.63, 3.8) is 0 Å². The number of thiol groups is 1. The fourth-order valence-electron chi connectivity index (χ4n) is 4.78. The van der Waals surface area contributed by atoms with Crippen LogP contribution in [0.25, 0.3) is 11.2 Å². The number of nitrogen functional groups attached to an aromatic ring is 2. The molecule has 9 atom stereocenters. The van der Waals surface area contributed by atoms with Gasteiger partial charge in [-0.05, 0) is 0 Å². The molecule has 47 heavy (non-hydrogen) atoms. The van der Waals surface area contributed by atoms with Gasteiger partial charge in [0, 0.05) is 0 Å². The first-order chi connectivity index (χ1) is 22.0. The summed E-state index contributed by atoms with van der Waals surface area (Å²) in [6.07, 6.45) is -7.40. The molecule has 0 spiro atoms. The molecule has 27 heteroatoms. The standard InChI is InChI=1S/C20H24N10O13P2S2/c21-19-26-13-7(15(33)28-19)24-6-12(47)11(46)5(41-17(6)25-13)2-40-45(37,38)43-44(35,36)39-1-4-9(31)10(32)18(42-4)30-3-23-8-14(30)27-20(22)29-16(8)34/h3-5,9-11,17-18,31-32,46H,1-2H2,(H,35,36)(H,37,38)(H3,22,27,29,34)(H4,21,25,26,28,33)/t4-,5-,9-,10-,11+,17-,18-/m1/s1. The summed E-state index contributed by atoms with van der Waals surface area (Å²) in [5.74, 6) is -0.471. The van der Waals surface area contributed by atoms with Gasteiger partial charge in [-0.25, -0.2) is 19.1 Å². The number of nitrogens with two attached hydrogens (primary N) is 2. The van der Waals surface area contributed by atoms with E-state index in [0.29, 0.717) is 0 Å². The lowest BCUT2D eigenvalue weighted by atomic mass is 10.0. The number of imidazole rings is 1. The second-order valence-electron chi connectivity index (χ2n) is 10.1. The molecule has 11 N–H and O–H groups in total. The number of aliphatic hydroxyl groups is 2. The Morgan fingerprint density at radius 3 is 2.34 bits per heavy atom. The van der Waals surface area contributed by atoms with E-state index >= 15 is 0 Å². The smallest absolute Gasteiger partial charge is 0.387 e. The second kappa shape index (κ2) is 12.4. The molecule has 0 radical (unpaired) electrons. The summed E-state index contributed by atoms with van der Waals surface area (Å²) in [6, 6.07) is 0. The number of phosphoric ester groups is 2. The number of ether oxygens (including phenoxy) is 2. The molecule has 6 heterocycles. The maximum absolute atomic E-state index is 12.6. The van der Waals surface area contributed by atoms with Crippen LogP contribution in [0.3, 0.4) is 0 Å². The van der Waals surface area contributed by atoms with Crippen molar-refractivity contribution in [3.05, 3.63) is 27.0 Å². The number of H-pyrrole nitrogens is 2. The fourth-order valence-corrected chi connectivity index (χ4v) is 7.47. The first kappa shape index (κ1) is 33.7. The highest BCUT2D eigenvalue weighted by Crippen LogP contribution is 2.60. The quantitative estimate of drug-likeness (QED) is 0.0634. The number of nitrogens with zero attached hydrogens (tertiary/aromatic N) is 5. The lowest BCUT2D eigenvalue weighted by Crippen LogP contribution is -2.54. The zero-order valence-electron chi connectivity index (χ0n) is 23.1. The number of aromatic nitrogens is 6. The predicted molar refractivity (Wildman–Crippen MR) is 165 cm³/mol. The molecule has 3 aromatic heterocycles. The summed E-state index contributed by atoms with van der Waals surface area (Å²) < 4.78 is 51.5. The molecule has 254 valence electrons. The van der Waals surface area contributed by atoms with Crippen LogP contribution in [0.5, 0.6) is 0 Å². The minimum Gasteiger partial charge on any atom is -0.387 e. The Labute approximate surface area is 270 Å². The van der Waals surface area contributed by atoms with Crippen LogP contribution in [0.2, 0.25) is 0 Å². The van der Waals surface area contributed by atoms with Crippen molar-refractivity contribution in [2.45, 2.75) is 42.1 Å². The third-order valence-electron chi connectivity index (χ3n) is 6.92. The van der Waals surface area contributed by atoms with E-state index in [1.54, 1.807) is 0 Å². The van der Waals surface area contributed by atoms with Gasteiger partial charge >= 0.3 is 15.6 Å². The van der Waals surface area contributed by atoms with Crippen LogP contribution in [-0.2, 0) is 32.0 Å². The number of hydrogen-bond donors (Lipinski definition) is 10. The largest absolute Gasteiger partial charge is 0.481 e. The van der Waals surface area contributed by atoms with Gasteiger partial charge in [0.15, 0.2) is 35.1 Å². The minimum absolute atomic E-state index is 0.0141. The Morgan fingerprint density at radius 1 is 1.00 bits per heavy atom. The normalized spacial score (nSPS) is 29.8. The Morgan fingerprint density at radius 2 is 1.64 bits per heavy atom. The zero-order chi connectivity index (χ0) is 34.0. The molecule has 0 bridgehead atoms. The van der Waals surface area contributed by atoms with Gasteiger partial charge in [0.1, 0.15) is 30.1 Å². The topological polar surface area (TPSA) is 347 Å². The van der Waals surface area contributed by atoms with Crippen molar-refractivity contribution in [3.8, 4) is 0 Å². The number of aliphatic imine (C=N–C) groups is 1. The van der Waals surface area contributed by atoms with Crippen LogP contribution >= 0.6 is 40.5 Å². The number of thiocarbonyl (C=S) groups is 1. The molecule has 2 saturated heterocycles. The molecule has 2 fully saturated rings. The van der Waals surface area contributed by atoms with Crippen LogP contribution in [0, 0.1) is 0 Å². The van der Waals surface area contributed by atoms with Gasteiger partial charge in [-0.3, -0.25) is 33.2 Å². The van der Waals surface area contributed by atoms with Crippen molar-refractivity contribution in [1.29, 1.82) is 0 Å². The van der Waals surface area contributed by atoms with Gasteiger partial charge in [0.25, 0.3) is 11.1 Å². The first-order valence-electron chi connectivity index (χ1n) is 13.1. The number of nitrogens with one attached hydrogen (secondary N) is 3. The molecule has 23 nitrogen and oxygen atoms in total. The minimum atomic E-state index is -5.39. The second-order valence-corrected chi connectivity index (χ2v) is 14.1. The van der Waals surface area contributed by atoms with Gasteiger partial charge in [-0.2, -0.15) is 26.9 Å². The van der Waals surface area contributed by atoms with E-state index in [9.17, 15) is 38.7 Å². The third kappa shape index (κ3) is 6.63. The maximum atomic E-state index is 12.6. The molecule has 0 saturated carbocycles. The Kier molecular flexibility index (Phi) is 8.88. The molecular formula is C20H24N10O13P2S2. The van der Waals surface area contributed by atoms with Crippen molar-refractivity contribution in [2.24, 2.45) is 4.99 Å². The highest BCUT2D eigenvalue weighted by atomic mass is 32.1. The van der Waals surface area contributed by atoms with Crippen molar-refractivity contribution in [2.75, 3.05) is 30.0 Å². The van der Waals surface area contributed by atoms with E-state index in [4.69, 9.17) is 42.2 Å². The summed E-state index contributed by atoms with van der Waals surface area (Å²) in [5.41, 5.74) is 9.61. The monoisotopic (exact) mass is 738 g/mol. The van der Waals surface area contributed by atoms with Crippen LogP contribution in [0.4, 0.5) is 23.4 Å². The Balaban J connectivity index is 1.06. The third-order valence-corrected chi connectivity index (χ3v) is 10.7. The van der Waals surface area contributed by atoms with E-state index in [1.165, 1.54) is 0 Å². The highest BCUT2D eigenvalue weighted by Gasteiger charge is 2.47. The lowest BCUT2D eigenvalue weighted by molar-refractivity contribution is -0.0505. The number of fused-ring (bicyclic) bond motifs is 3. The summed E-state index contributed by atoms with van der Waals surface area (Å²) in [5, 5.41) is 22.8. The Hall–Kier alpha value is -3.16. The van der Waals surface area contributed by atoms with Crippen LogP contribution < -0.4 is 27.9 Å². The van der Waals surface area contributed by atoms with Gasteiger partial charge in [-0.15, -0.1) is 0 Å². The molecule has 3 aliphatic heterocycles. The maximum Gasteiger partial charge on any atom is 0.481 e. The van der Waals surface area contributed by atoms with Gasteiger partial charge in [0.2, 0.25) is 11.9 Å². The summed E-state index contributed by atoms with van der Waals surface area (Å²) >= 11 is 9.73. The van der Waals surface area contributed by atoms with E-state index in [2.05, 4.69) is 52.2 Å². The van der Waals surface area contributed by atoms with E-state index < -0.39 is 82.1 Å². The fraction of sp³-hybridized carbons (Fsp3) is 0.450. The zero-order valence-corrected chi connectivity index (χ0v) is 26.6. The number of hydrogen-bond acceptors (Lipinski definition) is 20. The first-order valence-corrected chi connectivity index (χ1v) is 17.0. The molecule has 3 aromatic rings. The number of aromatic amines is 2. The molecule has 0 amide bonds. The van der Waals surface area contributed by atoms with Gasteiger partial charge < -0.3 is 46.3 Å². The lowest BCUT2D eigenvalue weighted by Gasteiger charge is -2.38. The molecule has 3 aliphatic rings. The van der Waals surface area contributed by atoms with Crippen molar-refractivity contribution in [1.82, 2.24) is 29.5 Å². The number of anilines is 3. The van der Waals surface area contributed by atoms with Crippen molar-refractivity contribution >= 4 is 85.6 Å². The van der Waals surface area contributed by atoms with E-state index in [-0.39, 0.29) is 45.1 Å². The van der Waals surface area contributed by atoms with Crippen LogP contribution in [0.15, 0.2) is 20.9 Å². The molecular weight excluding hydrogens is 714 g/mol. The average Bonchev–Trinajstić information content (AvgIpc) is 3.52. The van der Waals surface area contributed by atoms with Crippen molar-refractivity contribution < 1.29 is 52.0 Å². The number of aliphatic hydroxyl groups excluding tert-OH is 2. The summed E-state index contributed by atoms with van der Waals surface area (Å²) in [7, 11) is -10.7. The van der Waals surface area contributed by atoms with Crippen LogP contribution in [0.1, 0.15) is 6.23 Å². The summed E-state index contributed by atoms with van der Waals surface area (Å²) in [6.45, 7) is -1.67. The molecule has 0 aliphatic carbocycles. The highest BCUT2D eigenvalue weighted by molar-refractivity contribution is 7.88. The van der Waals surface area contributed by atoms with E-state index in [0.717, 1.165) is 10.9 Å². The summed E-state index contributed by atoms with van der Waals surface area (Å²) in [4.78, 5) is 65.1.